The smallest absolute Gasteiger partial charge is 0.352 e. The summed E-state index contributed by atoms with van der Waals surface area (Å²) < 4.78 is 5.56. The third-order valence-corrected chi connectivity index (χ3v) is 4.16. The monoisotopic (exact) mass is 411 g/mol. The Morgan fingerprint density at radius 3 is 2.21 bits per heavy atom. The van der Waals surface area contributed by atoms with Gasteiger partial charge < -0.3 is 19.9 Å². The largest absolute Gasteiger partial charge is 0.478 e. The predicted octanol–water partition coefficient (Wildman–Crippen LogP) is 4.15. The van der Waals surface area contributed by atoms with Gasteiger partial charge in [0.15, 0.2) is 0 Å². The number of benzene rings is 2. The van der Waals surface area contributed by atoms with Crippen LogP contribution in [-0.4, -0.2) is 28.1 Å². The van der Waals surface area contributed by atoms with Crippen LogP contribution in [0.3, 0.4) is 0 Å². The van der Waals surface area contributed by atoms with Gasteiger partial charge in [-0.15, -0.1) is 0 Å². The van der Waals surface area contributed by atoms with E-state index < -0.39 is 23.5 Å². The molecular formula is C21H14ClNO6. The number of aliphatic carboxylic acids is 1. The summed E-state index contributed by atoms with van der Waals surface area (Å²) in [5.74, 6) is -3.41. The lowest BCUT2D eigenvalue weighted by atomic mass is 10.1. The third-order valence-electron chi connectivity index (χ3n) is 3.91. The number of halogens is 1. The van der Waals surface area contributed by atoms with Gasteiger partial charge in [-0.1, -0.05) is 29.8 Å². The summed E-state index contributed by atoms with van der Waals surface area (Å²) in [6.07, 6.45) is 0.964. The minimum atomic E-state index is -1.45. The first-order chi connectivity index (χ1) is 13.8. The van der Waals surface area contributed by atoms with Gasteiger partial charge >= 0.3 is 11.9 Å². The van der Waals surface area contributed by atoms with Gasteiger partial charge in [0, 0.05) is 22.2 Å². The number of carbonyl (C=O) groups excluding carboxylic acids is 1. The molecule has 0 saturated heterocycles. The zero-order chi connectivity index (χ0) is 21.0. The van der Waals surface area contributed by atoms with Crippen molar-refractivity contribution in [1.29, 1.82) is 0 Å². The van der Waals surface area contributed by atoms with E-state index >= 15 is 0 Å². The van der Waals surface area contributed by atoms with Crippen LogP contribution < -0.4 is 5.32 Å². The Morgan fingerprint density at radius 1 is 0.966 bits per heavy atom. The molecule has 29 heavy (non-hydrogen) atoms. The number of rotatable bonds is 6. The van der Waals surface area contributed by atoms with E-state index in [9.17, 15) is 24.6 Å². The van der Waals surface area contributed by atoms with E-state index in [2.05, 4.69) is 5.32 Å². The van der Waals surface area contributed by atoms with Crippen LogP contribution in [0.4, 0.5) is 0 Å². The number of furan rings is 1. The zero-order valence-corrected chi connectivity index (χ0v) is 15.5. The van der Waals surface area contributed by atoms with Crippen molar-refractivity contribution < 1.29 is 29.0 Å². The minimum absolute atomic E-state index is 0.212. The van der Waals surface area contributed by atoms with Crippen LogP contribution in [0.1, 0.15) is 26.5 Å². The predicted molar refractivity (Wildman–Crippen MR) is 106 cm³/mol. The number of amides is 1. The maximum absolute atomic E-state index is 12.3. The van der Waals surface area contributed by atoms with Crippen LogP contribution in [0, 0.1) is 0 Å². The topological polar surface area (TPSA) is 117 Å². The van der Waals surface area contributed by atoms with E-state index in [4.69, 9.17) is 16.0 Å². The fourth-order valence-electron chi connectivity index (χ4n) is 2.50. The summed E-state index contributed by atoms with van der Waals surface area (Å²) in [4.78, 5) is 35.4. The molecule has 1 heterocycles. The summed E-state index contributed by atoms with van der Waals surface area (Å²) >= 11 is 5.85. The SMILES string of the molecule is O=C(O)/C(=C/c1oc(-c2ccc(Cl)cc2)cc1C(=O)O)NC(=O)c1ccccc1. The molecule has 1 aromatic heterocycles. The third kappa shape index (κ3) is 4.72. The normalized spacial score (nSPS) is 11.1. The van der Waals surface area contributed by atoms with Crippen molar-refractivity contribution >= 4 is 35.5 Å². The van der Waals surface area contributed by atoms with Crippen molar-refractivity contribution in [2.24, 2.45) is 0 Å². The van der Waals surface area contributed by atoms with Crippen LogP contribution in [-0.2, 0) is 4.79 Å². The molecule has 0 aliphatic rings. The van der Waals surface area contributed by atoms with E-state index in [1.54, 1.807) is 42.5 Å². The van der Waals surface area contributed by atoms with Crippen molar-refractivity contribution in [2.45, 2.75) is 0 Å². The first-order valence-corrected chi connectivity index (χ1v) is 8.67. The Kier molecular flexibility index (Phi) is 5.80. The minimum Gasteiger partial charge on any atom is -0.478 e. The molecule has 0 saturated carbocycles. The van der Waals surface area contributed by atoms with Gasteiger partial charge in [0.1, 0.15) is 22.8 Å². The molecule has 3 rings (SSSR count). The highest BCUT2D eigenvalue weighted by Crippen LogP contribution is 2.28. The van der Waals surface area contributed by atoms with E-state index in [-0.39, 0.29) is 22.6 Å². The maximum Gasteiger partial charge on any atom is 0.352 e. The molecule has 0 fully saturated rings. The van der Waals surface area contributed by atoms with Crippen LogP contribution in [0.5, 0.6) is 0 Å². The summed E-state index contributed by atoms with van der Waals surface area (Å²) in [5.41, 5.74) is 0.0298. The molecular weight excluding hydrogens is 398 g/mol. The highest BCUT2D eigenvalue weighted by molar-refractivity contribution is 6.30. The maximum atomic E-state index is 12.3. The molecule has 3 aromatic rings. The molecule has 0 spiro atoms. The van der Waals surface area contributed by atoms with Gasteiger partial charge in [0.25, 0.3) is 5.91 Å². The zero-order valence-electron chi connectivity index (χ0n) is 14.8. The summed E-state index contributed by atoms with van der Waals surface area (Å²) in [7, 11) is 0. The quantitative estimate of drug-likeness (QED) is 0.524. The van der Waals surface area contributed by atoms with Gasteiger partial charge in [0.05, 0.1) is 0 Å². The Morgan fingerprint density at radius 2 is 1.62 bits per heavy atom. The van der Waals surface area contributed by atoms with Crippen LogP contribution in [0.2, 0.25) is 5.02 Å². The number of aromatic carboxylic acids is 1. The molecule has 0 aliphatic heterocycles. The number of carbonyl (C=O) groups is 3. The number of hydrogen-bond acceptors (Lipinski definition) is 4. The fourth-order valence-corrected chi connectivity index (χ4v) is 2.63. The van der Waals surface area contributed by atoms with Gasteiger partial charge in [-0.3, -0.25) is 4.79 Å². The van der Waals surface area contributed by atoms with Gasteiger partial charge in [-0.25, -0.2) is 9.59 Å². The second-order valence-electron chi connectivity index (χ2n) is 5.88. The lowest BCUT2D eigenvalue weighted by Gasteiger charge is -2.05. The molecule has 1 amide bonds. The van der Waals surface area contributed by atoms with Crippen molar-refractivity contribution in [1.82, 2.24) is 5.32 Å². The van der Waals surface area contributed by atoms with Crippen LogP contribution >= 0.6 is 11.6 Å². The van der Waals surface area contributed by atoms with E-state index in [1.165, 1.54) is 18.2 Å². The van der Waals surface area contributed by atoms with E-state index in [0.717, 1.165) is 6.08 Å². The Hall–Kier alpha value is -3.84. The summed E-state index contributed by atoms with van der Waals surface area (Å²) in [6, 6.07) is 15.8. The van der Waals surface area contributed by atoms with E-state index in [0.29, 0.717) is 10.6 Å². The summed E-state index contributed by atoms with van der Waals surface area (Å²) in [5, 5.41) is 21.6. The summed E-state index contributed by atoms with van der Waals surface area (Å²) in [6.45, 7) is 0. The average molecular weight is 412 g/mol. The van der Waals surface area contributed by atoms with E-state index in [1.807, 2.05) is 0 Å². The van der Waals surface area contributed by atoms with Crippen LogP contribution in [0.25, 0.3) is 17.4 Å². The molecule has 8 heteroatoms. The molecule has 7 nitrogen and oxygen atoms in total. The van der Waals surface area contributed by atoms with Crippen molar-refractivity contribution in [3.05, 3.63) is 88.3 Å². The van der Waals surface area contributed by atoms with Crippen LogP contribution in [0.15, 0.2) is 70.8 Å². The molecule has 3 N–H and O–H groups in total. The molecule has 0 atom stereocenters. The standard InChI is InChI=1S/C21H14ClNO6/c22-14-8-6-12(7-9-14)17-10-15(20(25)26)18(29-17)11-16(21(27)28)23-19(24)13-4-2-1-3-5-13/h1-11H,(H,23,24)(H,25,26)(H,27,28)/b16-11-. The molecule has 0 radical (unpaired) electrons. The first-order valence-electron chi connectivity index (χ1n) is 8.29. The fraction of sp³-hybridized carbons (Fsp3) is 0. The first kappa shape index (κ1) is 19.9. The number of hydrogen-bond donors (Lipinski definition) is 3. The number of nitrogens with one attached hydrogen (secondary N) is 1. The Bertz CT molecular complexity index is 1100. The highest BCUT2D eigenvalue weighted by Gasteiger charge is 2.20. The molecule has 146 valence electrons. The number of carboxylic acid groups (broad SMARTS) is 2. The second kappa shape index (κ2) is 8.45. The van der Waals surface area contributed by atoms with Gasteiger partial charge in [-0.05, 0) is 42.5 Å². The number of carboxylic acids is 2. The molecule has 0 bridgehead atoms. The lowest BCUT2D eigenvalue weighted by molar-refractivity contribution is -0.132. The molecule has 2 aromatic carbocycles. The van der Waals surface area contributed by atoms with Gasteiger partial charge in [-0.2, -0.15) is 0 Å². The van der Waals surface area contributed by atoms with Crippen molar-refractivity contribution in [3.63, 3.8) is 0 Å². The lowest BCUT2D eigenvalue weighted by Crippen LogP contribution is -2.27. The van der Waals surface area contributed by atoms with Crippen molar-refractivity contribution in [2.75, 3.05) is 0 Å². The average Bonchev–Trinajstić information content (AvgIpc) is 3.12. The Labute approximate surface area is 169 Å². The second-order valence-corrected chi connectivity index (χ2v) is 6.32. The molecule has 0 aliphatic carbocycles. The van der Waals surface area contributed by atoms with Crippen molar-refractivity contribution in [3.8, 4) is 11.3 Å². The Balaban J connectivity index is 1.98. The highest BCUT2D eigenvalue weighted by atomic mass is 35.5. The molecule has 0 unspecified atom stereocenters. The van der Waals surface area contributed by atoms with Gasteiger partial charge in [0.2, 0.25) is 0 Å².